The lowest BCUT2D eigenvalue weighted by molar-refractivity contribution is 0.0942. The zero-order valence-electron chi connectivity index (χ0n) is 14.4. The highest BCUT2D eigenvalue weighted by Crippen LogP contribution is 2.20. The van der Waals surface area contributed by atoms with E-state index in [9.17, 15) is 13.2 Å². The molecule has 8 heteroatoms. The molecule has 0 unspecified atom stereocenters. The molecule has 3 rings (SSSR count). The summed E-state index contributed by atoms with van der Waals surface area (Å²) in [7, 11) is -2.26. The molecule has 7 nitrogen and oxygen atoms in total. The summed E-state index contributed by atoms with van der Waals surface area (Å²) in [6.07, 6.45) is 0. The summed E-state index contributed by atoms with van der Waals surface area (Å²) in [5, 5.41) is 5.97. The Morgan fingerprint density at radius 3 is 2.54 bits per heavy atom. The smallest absolute Gasteiger partial charge is 0.261 e. The van der Waals surface area contributed by atoms with Gasteiger partial charge in [-0.2, -0.15) is 0 Å². The molecule has 1 fully saturated rings. The van der Waals surface area contributed by atoms with Crippen LogP contribution in [-0.4, -0.2) is 41.1 Å². The summed E-state index contributed by atoms with van der Waals surface area (Å²) >= 11 is 0. The van der Waals surface area contributed by atoms with Crippen LogP contribution in [0.25, 0.3) is 0 Å². The van der Waals surface area contributed by atoms with Gasteiger partial charge in [0, 0.05) is 36.8 Å². The van der Waals surface area contributed by atoms with Crippen molar-refractivity contribution in [3.05, 3.63) is 54.1 Å². The average Bonchev–Trinajstić information content (AvgIpc) is 2.61. The number of nitrogens with one attached hydrogen (secondary N) is 3. The topological polar surface area (TPSA) is 96.5 Å². The van der Waals surface area contributed by atoms with Gasteiger partial charge in [-0.1, -0.05) is 6.07 Å². The Balaban J connectivity index is 1.71. The van der Waals surface area contributed by atoms with Gasteiger partial charge in [-0.3, -0.25) is 9.52 Å². The number of rotatable bonds is 7. The lowest BCUT2D eigenvalue weighted by Gasteiger charge is -2.27. The first-order valence-electron chi connectivity index (χ1n) is 8.24. The van der Waals surface area contributed by atoms with Crippen LogP contribution in [0.4, 0.5) is 5.69 Å². The summed E-state index contributed by atoms with van der Waals surface area (Å²) in [5.41, 5.74) is 0.730. The molecule has 0 radical (unpaired) electrons. The van der Waals surface area contributed by atoms with E-state index in [-0.39, 0.29) is 10.8 Å². The third-order valence-electron chi connectivity index (χ3n) is 4.17. The van der Waals surface area contributed by atoms with Crippen LogP contribution in [0.5, 0.6) is 5.75 Å². The zero-order chi connectivity index (χ0) is 18.6. The van der Waals surface area contributed by atoms with E-state index in [0.717, 1.165) is 13.1 Å². The van der Waals surface area contributed by atoms with Crippen molar-refractivity contribution >= 4 is 21.6 Å². The lowest BCUT2D eigenvalue weighted by atomic mass is 10.0. The van der Waals surface area contributed by atoms with Gasteiger partial charge in [-0.25, -0.2) is 8.42 Å². The molecule has 0 aliphatic carbocycles. The van der Waals surface area contributed by atoms with Crippen LogP contribution in [0.1, 0.15) is 10.4 Å². The number of carbonyl (C=O) groups excluding carboxylic acids is 1. The van der Waals surface area contributed by atoms with E-state index in [1.54, 1.807) is 36.4 Å². The summed E-state index contributed by atoms with van der Waals surface area (Å²) in [6.45, 7) is 2.36. The van der Waals surface area contributed by atoms with Crippen molar-refractivity contribution in [2.75, 3.05) is 31.5 Å². The van der Waals surface area contributed by atoms with Crippen molar-refractivity contribution in [1.82, 2.24) is 10.6 Å². The van der Waals surface area contributed by atoms with Gasteiger partial charge in [0.15, 0.2) is 0 Å². The van der Waals surface area contributed by atoms with Gasteiger partial charge >= 0.3 is 0 Å². The molecule has 0 aromatic heterocycles. The van der Waals surface area contributed by atoms with E-state index in [1.165, 1.54) is 19.2 Å². The third-order valence-corrected chi connectivity index (χ3v) is 5.55. The Kier molecular flexibility index (Phi) is 5.43. The maximum Gasteiger partial charge on any atom is 0.261 e. The molecular formula is C18H21N3O4S. The first-order valence-corrected chi connectivity index (χ1v) is 9.72. The number of methoxy groups -OCH3 is 1. The Morgan fingerprint density at radius 2 is 1.92 bits per heavy atom. The molecule has 0 spiro atoms. The third kappa shape index (κ3) is 4.33. The molecule has 138 valence electrons. The Hall–Kier alpha value is -2.58. The van der Waals surface area contributed by atoms with Crippen LogP contribution in [0.3, 0.4) is 0 Å². The van der Waals surface area contributed by atoms with Crippen molar-refractivity contribution < 1.29 is 17.9 Å². The second kappa shape index (κ2) is 7.76. The summed E-state index contributed by atoms with van der Waals surface area (Å²) in [4.78, 5) is 12.3. The monoisotopic (exact) mass is 375 g/mol. The molecule has 3 N–H and O–H groups in total. The molecule has 0 atom stereocenters. The van der Waals surface area contributed by atoms with E-state index in [1.807, 2.05) is 0 Å². The van der Waals surface area contributed by atoms with Gasteiger partial charge in [0.05, 0.1) is 12.0 Å². The molecule has 1 saturated heterocycles. The van der Waals surface area contributed by atoms with E-state index >= 15 is 0 Å². The molecule has 1 aliphatic heterocycles. The highest BCUT2D eigenvalue weighted by molar-refractivity contribution is 7.92. The Bertz CT molecular complexity index is 878. The van der Waals surface area contributed by atoms with E-state index in [4.69, 9.17) is 4.74 Å². The number of ether oxygens (including phenoxy) is 1. The van der Waals surface area contributed by atoms with Crippen molar-refractivity contribution in [3.8, 4) is 5.75 Å². The van der Waals surface area contributed by atoms with Crippen LogP contribution in [0.2, 0.25) is 0 Å². The highest BCUT2D eigenvalue weighted by atomic mass is 32.2. The number of hydrogen-bond acceptors (Lipinski definition) is 5. The second-order valence-corrected chi connectivity index (χ2v) is 7.78. The normalized spacial score (nSPS) is 14.3. The standard InChI is InChI=1S/C18H21N3O4S/c1-25-16-7-5-15(6-8-16)21-26(23,24)17-4-2-3-14(9-17)18(22)20-12-13-10-19-11-13/h2-9,13,19,21H,10-12H2,1H3,(H,20,22). The highest BCUT2D eigenvalue weighted by Gasteiger charge is 2.19. The molecule has 26 heavy (non-hydrogen) atoms. The minimum Gasteiger partial charge on any atom is -0.497 e. The Morgan fingerprint density at radius 1 is 1.19 bits per heavy atom. The molecule has 1 aliphatic rings. The first kappa shape index (κ1) is 18.2. The largest absolute Gasteiger partial charge is 0.497 e. The molecule has 2 aromatic rings. The first-order chi connectivity index (χ1) is 12.5. The van der Waals surface area contributed by atoms with E-state index < -0.39 is 10.0 Å². The number of carbonyl (C=O) groups is 1. The predicted octanol–water partition coefficient (Wildman–Crippen LogP) is 1.45. The van der Waals surface area contributed by atoms with Crippen molar-refractivity contribution in [2.45, 2.75) is 4.90 Å². The number of sulfonamides is 1. The van der Waals surface area contributed by atoms with Crippen LogP contribution in [0.15, 0.2) is 53.4 Å². The van der Waals surface area contributed by atoms with Gasteiger partial charge in [-0.15, -0.1) is 0 Å². The van der Waals surface area contributed by atoms with Crippen molar-refractivity contribution in [1.29, 1.82) is 0 Å². The maximum absolute atomic E-state index is 12.6. The van der Waals surface area contributed by atoms with Crippen LogP contribution >= 0.6 is 0 Å². The average molecular weight is 375 g/mol. The lowest BCUT2D eigenvalue weighted by Crippen LogP contribution is -2.48. The minimum atomic E-state index is -3.79. The summed E-state index contributed by atoms with van der Waals surface area (Å²) in [6, 6.07) is 12.5. The van der Waals surface area contributed by atoms with Crippen LogP contribution in [0, 0.1) is 5.92 Å². The maximum atomic E-state index is 12.6. The quantitative estimate of drug-likeness (QED) is 0.681. The van der Waals surface area contributed by atoms with E-state index in [0.29, 0.717) is 29.5 Å². The zero-order valence-corrected chi connectivity index (χ0v) is 15.2. The van der Waals surface area contributed by atoms with Gasteiger partial charge in [-0.05, 0) is 42.5 Å². The van der Waals surface area contributed by atoms with Gasteiger partial charge in [0.2, 0.25) is 0 Å². The second-order valence-electron chi connectivity index (χ2n) is 6.10. The molecular weight excluding hydrogens is 354 g/mol. The molecule has 0 bridgehead atoms. The SMILES string of the molecule is COc1ccc(NS(=O)(=O)c2cccc(C(=O)NCC3CNC3)c2)cc1. The van der Waals surface area contributed by atoms with Crippen LogP contribution in [-0.2, 0) is 10.0 Å². The van der Waals surface area contributed by atoms with Gasteiger partial charge < -0.3 is 15.4 Å². The number of amides is 1. The van der Waals surface area contributed by atoms with Crippen LogP contribution < -0.4 is 20.1 Å². The molecule has 2 aromatic carbocycles. The molecule has 0 saturated carbocycles. The number of hydrogen-bond donors (Lipinski definition) is 3. The molecule has 1 amide bonds. The number of anilines is 1. The summed E-state index contributed by atoms with van der Waals surface area (Å²) in [5.74, 6) is 0.786. The fourth-order valence-corrected chi connectivity index (χ4v) is 3.61. The fourth-order valence-electron chi connectivity index (χ4n) is 2.51. The van der Waals surface area contributed by atoms with Gasteiger partial charge in [0.1, 0.15) is 5.75 Å². The minimum absolute atomic E-state index is 0.0336. The van der Waals surface area contributed by atoms with Crippen molar-refractivity contribution in [2.24, 2.45) is 5.92 Å². The molecule has 1 heterocycles. The van der Waals surface area contributed by atoms with E-state index in [2.05, 4.69) is 15.4 Å². The summed E-state index contributed by atoms with van der Waals surface area (Å²) < 4.78 is 32.7. The Labute approximate surface area is 152 Å². The van der Waals surface area contributed by atoms with Gasteiger partial charge in [0.25, 0.3) is 15.9 Å². The number of benzene rings is 2. The fraction of sp³-hybridized carbons (Fsp3) is 0.278. The predicted molar refractivity (Wildman–Crippen MR) is 98.9 cm³/mol. The van der Waals surface area contributed by atoms with Crippen molar-refractivity contribution in [3.63, 3.8) is 0 Å².